The van der Waals surface area contributed by atoms with Gasteiger partial charge in [-0.1, -0.05) is 12.1 Å². The summed E-state index contributed by atoms with van der Waals surface area (Å²) in [6.45, 7) is 0. The first-order valence-corrected chi connectivity index (χ1v) is 9.85. The SMILES string of the molecule is N#Cc1ccc(CSc2nc3c(c(-c4ccco4)c2C#N)C(=O)CCC3)cc1. The van der Waals surface area contributed by atoms with Crippen molar-refractivity contribution in [2.45, 2.75) is 30.0 Å². The van der Waals surface area contributed by atoms with Crippen molar-refractivity contribution in [2.24, 2.45) is 0 Å². The van der Waals surface area contributed by atoms with E-state index < -0.39 is 0 Å². The fraction of sp³-hybridized carbons (Fsp3) is 0.182. The lowest BCUT2D eigenvalue weighted by Crippen LogP contribution is -2.16. The molecule has 2 aromatic heterocycles. The van der Waals surface area contributed by atoms with Crippen LogP contribution in [0.1, 0.15) is 45.6 Å². The second kappa shape index (κ2) is 7.72. The van der Waals surface area contributed by atoms with E-state index in [1.54, 1.807) is 30.5 Å². The molecule has 1 aliphatic carbocycles. The summed E-state index contributed by atoms with van der Waals surface area (Å²) in [5.74, 6) is 1.14. The summed E-state index contributed by atoms with van der Waals surface area (Å²) in [5.41, 5.74) is 3.84. The van der Waals surface area contributed by atoms with Crippen molar-refractivity contribution >= 4 is 17.5 Å². The average Bonchev–Trinajstić information content (AvgIpc) is 3.26. The van der Waals surface area contributed by atoms with Gasteiger partial charge < -0.3 is 4.42 Å². The lowest BCUT2D eigenvalue weighted by atomic mass is 9.88. The van der Waals surface area contributed by atoms with Crippen LogP contribution in [-0.2, 0) is 12.2 Å². The Labute approximate surface area is 166 Å². The molecule has 1 aromatic carbocycles. The van der Waals surface area contributed by atoms with E-state index in [2.05, 4.69) is 17.1 Å². The highest BCUT2D eigenvalue weighted by Crippen LogP contribution is 2.38. The summed E-state index contributed by atoms with van der Waals surface area (Å²) < 4.78 is 5.55. The fourth-order valence-corrected chi connectivity index (χ4v) is 4.30. The van der Waals surface area contributed by atoms with E-state index in [4.69, 9.17) is 9.68 Å². The van der Waals surface area contributed by atoms with Gasteiger partial charge in [-0.3, -0.25) is 4.79 Å². The number of ketones is 1. The average molecular weight is 385 g/mol. The van der Waals surface area contributed by atoms with Crippen molar-refractivity contribution in [2.75, 3.05) is 0 Å². The molecule has 0 unspecified atom stereocenters. The molecule has 2 heterocycles. The third-order valence-corrected chi connectivity index (χ3v) is 5.72. The highest BCUT2D eigenvalue weighted by Gasteiger charge is 2.29. The molecule has 6 heteroatoms. The van der Waals surface area contributed by atoms with Crippen molar-refractivity contribution in [3.05, 3.63) is 70.6 Å². The highest BCUT2D eigenvalue weighted by atomic mass is 32.2. The molecule has 0 spiro atoms. The number of carbonyl (C=O) groups excluding carboxylic acids is 1. The highest BCUT2D eigenvalue weighted by molar-refractivity contribution is 7.98. The Balaban J connectivity index is 1.77. The minimum absolute atomic E-state index is 0.0142. The van der Waals surface area contributed by atoms with Gasteiger partial charge >= 0.3 is 0 Å². The summed E-state index contributed by atoms with van der Waals surface area (Å²) in [7, 11) is 0. The Bertz CT molecular complexity index is 1120. The summed E-state index contributed by atoms with van der Waals surface area (Å²) >= 11 is 1.45. The Morgan fingerprint density at radius 2 is 1.89 bits per heavy atom. The lowest BCUT2D eigenvalue weighted by Gasteiger charge is -2.19. The number of hydrogen-bond donors (Lipinski definition) is 0. The van der Waals surface area contributed by atoms with E-state index in [1.165, 1.54) is 11.8 Å². The molecule has 1 aliphatic rings. The molecule has 0 N–H and O–H groups in total. The van der Waals surface area contributed by atoms with E-state index in [9.17, 15) is 10.1 Å². The van der Waals surface area contributed by atoms with Crippen LogP contribution < -0.4 is 0 Å². The molecule has 0 saturated carbocycles. The van der Waals surface area contributed by atoms with Crippen LogP contribution in [0, 0.1) is 22.7 Å². The van der Waals surface area contributed by atoms with Crippen molar-refractivity contribution < 1.29 is 9.21 Å². The molecule has 136 valence electrons. The maximum atomic E-state index is 12.6. The molecule has 28 heavy (non-hydrogen) atoms. The zero-order chi connectivity index (χ0) is 19.5. The van der Waals surface area contributed by atoms with Crippen LogP contribution >= 0.6 is 11.8 Å². The number of fused-ring (bicyclic) bond motifs is 1. The van der Waals surface area contributed by atoms with Crippen molar-refractivity contribution in [1.82, 2.24) is 4.98 Å². The van der Waals surface area contributed by atoms with Crippen molar-refractivity contribution in [3.8, 4) is 23.5 Å². The van der Waals surface area contributed by atoms with Crippen LogP contribution in [0.25, 0.3) is 11.3 Å². The minimum atomic E-state index is 0.0142. The van der Waals surface area contributed by atoms with E-state index in [-0.39, 0.29) is 5.78 Å². The van der Waals surface area contributed by atoms with Gasteiger partial charge in [-0.2, -0.15) is 10.5 Å². The Morgan fingerprint density at radius 1 is 1.07 bits per heavy atom. The topological polar surface area (TPSA) is 90.7 Å². The van der Waals surface area contributed by atoms with Crippen LogP contribution in [-0.4, -0.2) is 10.8 Å². The number of pyridine rings is 1. The van der Waals surface area contributed by atoms with Crippen LogP contribution in [0.3, 0.4) is 0 Å². The van der Waals surface area contributed by atoms with Crippen LogP contribution in [0.2, 0.25) is 0 Å². The number of aryl methyl sites for hydroxylation is 1. The number of furan rings is 1. The third kappa shape index (κ3) is 3.31. The van der Waals surface area contributed by atoms with E-state index in [1.807, 2.05) is 12.1 Å². The molecule has 3 aromatic rings. The number of aromatic nitrogens is 1. The Kier molecular flexibility index (Phi) is 4.97. The van der Waals surface area contributed by atoms with Gasteiger partial charge in [0.1, 0.15) is 16.9 Å². The number of nitrogens with zero attached hydrogens (tertiary/aromatic N) is 3. The van der Waals surface area contributed by atoms with Crippen LogP contribution in [0.5, 0.6) is 0 Å². The molecule has 5 nitrogen and oxygen atoms in total. The zero-order valence-corrected chi connectivity index (χ0v) is 15.8. The number of benzene rings is 1. The minimum Gasteiger partial charge on any atom is -0.464 e. The lowest BCUT2D eigenvalue weighted by molar-refractivity contribution is 0.0972. The van der Waals surface area contributed by atoms with Gasteiger partial charge in [0.25, 0.3) is 0 Å². The Morgan fingerprint density at radius 3 is 2.57 bits per heavy atom. The van der Waals surface area contributed by atoms with E-state index in [0.717, 1.165) is 17.7 Å². The van der Waals surface area contributed by atoms with Gasteiger partial charge in [-0.05, 0) is 42.7 Å². The summed E-state index contributed by atoms with van der Waals surface area (Å²) in [4.78, 5) is 17.3. The molecule has 0 aliphatic heterocycles. The number of rotatable bonds is 4. The first-order chi connectivity index (χ1) is 13.7. The molecule has 4 rings (SSSR count). The molecule has 0 saturated heterocycles. The monoisotopic (exact) mass is 385 g/mol. The number of carbonyl (C=O) groups is 1. The standard InChI is InChI=1S/C22H15N3O2S/c23-11-14-6-8-15(9-7-14)13-28-22-16(12-24)20(19-5-2-10-27-19)21-17(25-22)3-1-4-18(21)26/h2,5-10H,1,3-4,13H2. The molecular formula is C22H15N3O2S. The molecule has 0 amide bonds. The first-order valence-electron chi connectivity index (χ1n) is 8.87. The quantitative estimate of drug-likeness (QED) is 0.594. The van der Waals surface area contributed by atoms with Gasteiger partial charge in [0, 0.05) is 12.2 Å². The number of hydrogen-bond acceptors (Lipinski definition) is 6. The van der Waals surface area contributed by atoms with Crippen molar-refractivity contribution in [3.63, 3.8) is 0 Å². The van der Waals surface area contributed by atoms with Crippen LogP contribution in [0.15, 0.2) is 52.1 Å². The number of nitriles is 2. The second-order valence-electron chi connectivity index (χ2n) is 6.45. The van der Waals surface area contributed by atoms with E-state index >= 15 is 0 Å². The summed E-state index contributed by atoms with van der Waals surface area (Å²) in [6.07, 6.45) is 3.48. The largest absolute Gasteiger partial charge is 0.464 e. The molecule has 0 fully saturated rings. The summed E-state index contributed by atoms with van der Waals surface area (Å²) in [5, 5.41) is 19.4. The third-order valence-electron chi connectivity index (χ3n) is 4.67. The second-order valence-corrected chi connectivity index (χ2v) is 7.42. The van der Waals surface area contributed by atoms with Gasteiger partial charge in [0.15, 0.2) is 5.78 Å². The number of thioether (sulfide) groups is 1. The van der Waals surface area contributed by atoms with Gasteiger partial charge in [0.05, 0.1) is 40.3 Å². The first kappa shape index (κ1) is 18.0. The number of Topliss-reactive ketones (excluding diaryl/α,β-unsaturated/α-hetero) is 1. The van der Waals surface area contributed by atoms with Gasteiger partial charge in [-0.25, -0.2) is 4.98 Å². The molecule has 0 atom stereocenters. The van der Waals surface area contributed by atoms with Crippen LogP contribution in [0.4, 0.5) is 0 Å². The fourth-order valence-electron chi connectivity index (χ4n) is 3.34. The maximum absolute atomic E-state index is 12.6. The smallest absolute Gasteiger partial charge is 0.165 e. The predicted molar refractivity (Wildman–Crippen MR) is 105 cm³/mol. The predicted octanol–water partition coefficient (Wildman–Crippen LogP) is 4.90. The molecule has 0 radical (unpaired) electrons. The van der Waals surface area contributed by atoms with Gasteiger partial charge in [0.2, 0.25) is 0 Å². The Hall–Kier alpha value is -3.35. The van der Waals surface area contributed by atoms with E-state index in [0.29, 0.717) is 51.6 Å². The zero-order valence-electron chi connectivity index (χ0n) is 14.9. The van der Waals surface area contributed by atoms with Gasteiger partial charge in [-0.15, -0.1) is 11.8 Å². The molecule has 0 bridgehead atoms. The van der Waals surface area contributed by atoms with Crippen molar-refractivity contribution in [1.29, 1.82) is 10.5 Å². The normalized spacial score (nSPS) is 12.9. The maximum Gasteiger partial charge on any atom is 0.165 e. The summed E-state index contributed by atoms with van der Waals surface area (Å²) in [6, 6.07) is 15.2. The molecular weight excluding hydrogens is 370 g/mol.